The molecule has 2 aromatic rings. The Kier molecular flexibility index (Phi) is 11.1. The number of ether oxygens (including phenoxy) is 4. The lowest BCUT2D eigenvalue weighted by molar-refractivity contribution is -0.126. The van der Waals surface area contributed by atoms with E-state index in [1.807, 2.05) is 13.8 Å². The molecule has 0 aliphatic rings. The van der Waals surface area contributed by atoms with Gasteiger partial charge < -0.3 is 24.3 Å². The molecule has 190 valence electrons. The van der Waals surface area contributed by atoms with Crippen LogP contribution >= 0.6 is 23.2 Å². The van der Waals surface area contributed by atoms with Crippen LogP contribution < -0.4 is 24.3 Å². The highest BCUT2D eigenvalue weighted by molar-refractivity contribution is 6.33. The first-order valence-electron chi connectivity index (χ1n) is 11.2. The van der Waals surface area contributed by atoms with Gasteiger partial charge in [0.25, 0.3) is 5.91 Å². The number of azo groups is 1. The Labute approximate surface area is 214 Å². The van der Waals surface area contributed by atoms with E-state index in [1.54, 1.807) is 32.0 Å². The molecule has 35 heavy (non-hydrogen) atoms. The molecule has 2 aromatic carbocycles. The van der Waals surface area contributed by atoms with Gasteiger partial charge in [0.1, 0.15) is 22.9 Å². The number of Topliss-reactive ketones (excluding diaryl/α,β-unsaturated/α-hetero) is 1. The number of hydrogen-bond donors (Lipinski definition) is 1. The van der Waals surface area contributed by atoms with Crippen LogP contribution in [0.25, 0.3) is 0 Å². The van der Waals surface area contributed by atoms with Crippen LogP contribution in [-0.4, -0.2) is 44.2 Å². The zero-order chi connectivity index (χ0) is 26.0. The highest BCUT2D eigenvalue weighted by atomic mass is 35.5. The Morgan fingerprint density at radius 2 is 1.49 bits per heavy atom. The molecule has 0 radical (unpaired) electrons. The van der Waals surface area contributed by atoms with Crippen LogP contribution in [0.3, 0.4) is 0 Å². The number of carbonyl (C=O) groups excluding carboxylic acids is 2. The van der Waals surface area contributed by atoms with Crippen LogP contribution in [0.5, 0.6) is 23.0 Å². The van der Waals surface area contributed by atoms with Gasteiger partial charge in [-0.2, -0.15) is 10.2 Å². The van der Waals surface area contributed by atoms with E-state index in [0.29, 0.717) is 43.7 Å². The first-order chi connectivity index (χ1) is 16.7. The molecular weight excluding hydrogens is 497 g/mol. The normalized spacial score (nSPS) is 11.7. The maximum Gasteiger partial charge on any atom is 0.258 e. The van der Waals surface area contributed by atoms with Crippen LogP contribution in [0.4, 0.5) is 11.4 Å². The lowest BCUT2D eigenvalue weighted by Gasteiger charge is -2.16. The standard InChI is InChI=1S/C24H29Cl2N3O6/c1-6-32-15-10-17(26)23(35-9-4)19(11-15)28-29-22(14(5)30)24(31)27-18-12-16(25)20(33-7-2)13-21(18)34-8-3/h10-13,22H,6-9H2,1-5H3,(H,27,31). The average molecular weight is 526 g/mol. The molecule has 1 N–H and O–H groups in total. The maximum absolute atomic E-state index is 13.0. The molecule has 0 spiro atoms. The lowest BCUT2D eigenvalue weighted by Crippen LogP contribution is -2.32. The van der Waals surface area contributed by atoms with Crippen LogP contribution in [0.2, 0.25) is 10.0 Å². The molecule has 11 heteroatoms. The number of rotatable bonds is 13. The molecule has 0 heterocycles. The van der Waals surface area contributed by atoms with Crippen molar-refractivity contribution in [2.24, 2.45) is 10.2 Å². The van der Waals surface area contributed by atoms with E-state index in [1.165, 1.54) is 13.0 Å². The van der Waals surface area contributed by atoms with Crippen LogP contribution in [0.15, 0.2) is 34.5 Å². The Morgan fingerprint density at radius 3 is 2.09 bits per heavy atom. The van der Waals surface area contributed by atoms with E-state index in [4.69, 9.17) is 42.1 Å². The van der Waals surface area contributed by atoms with Crippen LogP contribution in [-0.2, 0) is 9.59 Å². The Balaban J connectivity index is 2.38. The molecule has 0 saturated heterocycles. The number of ketones is 1. The number of nitrogens with zero attached hydrogens (tertiary/aromatic N) is 2. The number of carbonyl (C=O) groups is 2. The number of amides is 1. The third kappa shape index (κ3) is 7.73. The second-order valence-electron chi connectivity index (χ2n) is 6.98. The second kappa shape index (κ2) is 13.7. The third-order valence-electron chi connectivity index (χ3n) is 4.40. The summed E-state index contributed by atoms with van der Waals surface area (Å²) in [6.07, 6.45) is 0. The topological polar surface area (TPSA) is 108 Å². The Morgan fingerprint density at radius 1 is 0.857 bits per heavy atom. The monoisotopic (exact) mass is 525 g/mol. The molecule has 2 rings (SSSR count). The van der Waals surface area contributed by atoms with E-state index in [9.17, 15) is 9.59 Å². The summed E-state index contributed by atoms with van der Waals surface area (Å²) in [6.45, 7) is 9.95. The van der Waals surface area contributed by atoms with E-state index in [0.717, 1.165) is 0 Å². The maximum atomic E-state index is 13.0. The van der Waals surface area contributed by atoms with Crippen molar-refractivity contribution in [3.8, 4) is 23.0 Å². The Hall–Kier alpha value is -3.04. The minimum absolute atomic E-state index is 0.223. The summed E-state index contributed by atoms with van der Waals surface area (Å²) < 4.78 is 22.1. The number of halogens is 2. The first-order valence-corrected chi connectivity index (χ1v) is 11.9. The summed E-state index contributed by atoms with van der Waals surface area (Å²) >= 11 is 12.6. The van der Waals surface area contributed by atoms with Gasteiger partial charge in [0.05, 0.1) is 42.2 Å². The smallest absolute Gasteiger partial charge is 0.258 e. The fourth-order valence-corrected chi connectivity index (χ4v) is 3.46. The third-order valence-corrected chi connectivity index (χ3v) is 4.98. The van der Waals surface area contributed by atoms with Gasteiger partial charge >= 0.3 is 0 Å². The summed E-state index contributed by atoms with van der Waals surface area (Å²) in [5, 5.41) is 11.3. The molecular formula is C24H29Cl2N3O6. The van der Waals surface area contributed by atoms with E-state index < -0.39 is 17.7 Å². The predicted molar refractivity (Wildman–Crippen MR) is 135 cm³/mol. The Bertz CT molecular complexity index is 1080. The number of benzene rings is 2. The van der Waals surface area contributed by atoms with Crippen LogP contribution in [0.1, 0.15) is 34.6 Å². The fraction of sp³-hybridized carbons (Fsp3) is 0.417. The van der Waals surface area contributed by atoms with Crippen molar-refractivity contribution < 1.29 is 28.5 Å². The van der Waals surface area contributed by atoms with Crippen molar-refractivity contribution in [3.63, 3.8) is 0 Å². The quantitative estimate of drug-likeness (QED) is 0.244. The van der Waals surface area contributed by atoms with Crippen molar-refractivity contribution in [3.05, 3.63) is 34.3 Å². The minimum atomic E-state index is -1.45. The van der Waals surface area contributed by atoms with E-state index in [2.05, 4.69) is 15.5 Å². The van der Waals surface area contributed by atoms with Gasteiger partial charge in [0, 0.05) is 18.2 Å². The molecule has 0 fully saturated rings. The van der Waals surface area contributed by atoms with Gasteiger partial charge in [-0.3, -0.25) is 9.59 Å². The van der Waals surface area contributed by atoms with Gasteiger partial charge in [-0.25, -0.2) is 0 Å². The molecule has 0 saturated carbocycles. The number of anilines is 1. The van der Waals surface area contributed by atoms with Crippen LogP contribution in [0, 0.1) is 0 Å². The van der Waals surface area contributed by atoms with Gasteiger partial charge in [0.2, 0.25) is 6.04 Å². The summed E-state index contributed by atoms with van der Waals surface area (Å²) in [6, 6.07) is 4.78. The first kappa shape index (κ1) is 28.2. The van der Waals surface area contributed by atoms with Gasteiger partial charge in [-0.1, -0.05) is 23.2 Å². The molecule has 0 aliphatic heterocycles. The number of nitrogens with one attached hydrogen (secondary N) is 1. The summed E-state index contributed by atoms with van der Waals surface area (Å²) in [5.41, 5.74) is 0.490. The zero-order valence-corrected chi connectivity index (χ0v) is 21.8. The highest BCUT2D eigenvalue weighted by Gasteiger charge is 2.25. The highest BCUT2D eigenvalue weighted by Crippen LogP contribution is 2.40. The molecule has 9 nitrogen and oxygen atoms in total. The average Bonchev–Trinajstić information content (AvgIpc) is 2.79. The molecule has 0 aromatic heterocycles. The summed E-state index contributed by atoms with van der Waals surface area (Å²) in [7, 11) is 0. The lowest BCUT2D eigenvalue weighted by atomic mass is 10.2. The van der Waals surface area contributed by atoms with Gasteiger partial charge in [-0.05, 0) is 40.7 Å². The largest absolute Gasteiger partial charge is 0.494 e. The molecule has 1 amide bonds. The molecule has 1 atom stereocenters. The zero-order valence-electron chi connectivity index (χ0n) is 20.3. The second-order valence-corrected chi connectivity index (χ2v) is 7.80. The van der Waals surface area contributed by atoms with Crippen molar-refractivity contribution >= 4 is 46.3 Å². The van der Waals surface area contributed by atoms with Crippen molar-refractivity contribution in [1.29, 1.82) is 0 Å². The molecule has 1 unspecified atom stereocenters. The SMILES string of the molecule is CCOc1cc(Cl)c(OCC)c(N=NC(C(C)=O)C(=O)Nc2cc(Cl)c(OCC)cc2OCC)c1. The van der Waals surface area contributed by atoms with Crippen molar-refractivity contribution in [2.45, 2.75) is 40.7 Å². The molecule has 0 bridgehead atoms. The molecule has 0 aliphatic carbocycles. The van der Waals surface area contributed by atoms with Crippen molar-refractivity contribution in [1.82, 2.24) is 0 Å². The summed E-state index contributed by atoms with van der Waals surface area (Å²) in [4.78, 5) is 25.3. The minimum Gasteiger partial charge on any atom is -0.494 e. The van der Waals surface area contributed by atoms with Gasteiger partial charge in [-0.15, -0.1) is 0 Å². The van der Waals surface area contributed by atoms with E-state index >= 15 is 0 Å². The van der Waals surface area contributed by atoms with E-state index in [-0.39, 0.29) is 27.2 Å². The predicted octanol–water partition coefficient (Wildman–Crippen LogP) is 6.27. The number of hydrogen-bond acceptors (Lipinski definition) is 8. The summed E-state index contributed by atoms with van der Waals surface area (Å²) in [5.74, 6) is 0.222. The van der Waals surface area contributed by atoms with Crippen molar-refractivity contribution in [2.75, 3.05) is 31.7 Å². The van der Waals surface area contributed by atoms with Gasteiger partial charge in [0.15, 0.2) is 11.5 Å². The fourth-order valence-electron chi connectivity index (χ4n) is 2.98.